The molecule has 0 saturated carbocycles. The standard InChI is InChI=1S/C14H22N2O3S.ClH/c1-19-8-5-9-20(17,18)16-10-13(14(15)11-16)12-6-3-2-4-7-12;/h2-4,6-7,13-14H,5,8-11,15H2,1H3;1H/t13-,14+;/m0./s1. The largest absolute Gasteiger partial charge is 0.385 e. The van der Waals surface area contributed by atoms with Crippen molar-refractivity contribution in [3.8, 4) is 0 Å². The van der Waals surface area contributed by atoms with Gasteiger partial charge in [0.1, 0.15) is 0 Å². The van der Waals surface area contributed by atoms with Crippen molar-refractivity contribution in [3.05, 3.63) is 35.9 Å². The number of benzene rings is 1. The van der Waals surface area contributed by atoms with E-state index in [4.69, 9.17) is 10.5 Å². The Morgan fingerprint density at radius 1 is 1.29 bits per heavy atom. The van der Waals surface area contributed by atoms with Crippen molar-refractivity contribution in [1.82, 2.24) is 4.31 Å². The van der Waals surface area contributed by atoms with Gasteiger partial charge in [0.25, 0.3) is 0 Å². The first-order valence-corrected chi connectivity index (χ1v) is 8.43. The molecule has 0 spiro atoms. The van der Waals surface area contributed by atoms with E-state index in [-0.39, 0.29) is 30.1 Å². The van der Waals surface area contributed by atoms with Crippen molar-refractivity contribution >= 4 is 22.4 Å². The molecule has 1 aromatic rings. The minimum atomic E-state index is -3.23. The molecule has 1 fully saturated rings. The zero-order valence-electron chi connectivity index (χ0n) is 12.1. The third kappa shape index (κ3) is 4.66. The lowest BCUT2D eigenvalue weighted by Crippen LogP contribution is -2.34. The van der Waals surface area contributed by atoms with E-state index >= 15 is 0 Å². The van der Waals surface area contributed by atoms with Crippen LogP contribution in [0.4, 0.5) is 0 Å². The monoisotopic (exact) mass is 334 g/mol. The van der Waals surface area contributed by atoms with Crippen molar-refractivity contribution in [2.45, 2.75) is 18.4 Å². The fraction of sp³-hybridized carbons (Fsp3) is 0.571. The quantitative estimate of drug-likeness (QED) is 0.793. The molecular formula is C14H23ClN2O3S. The molecule has 2 rings (SSSR count). The molecule has 0 aromatic heterocycles. The first-order valence-electron chi connectivity index (χ1n) is 6.82. The van der Waals surface area contributed by atoms with Gasteiger partial charge in [-0.3, -0.25) is 0 Å². The number of hydrogen-bond acceptors (Lipinski definition) is 4. The van der Waals surface area contributed by atoms with Gasteiger partial charge in [0, 0.05) is 38.8 Å². The second-order valence-corrected chi connectivity index (χ2v) is 7.25. The zero-order chi connectivity index (χ0) is 14.6. The average molecular weight is 335 g/mol. The van der Waals surface area contributed by atoms with Crippen molar-refractivity contribution in [1.29, 1.82) is 0 Å². The summed E-state index contributed by atoms with van der Waals surface area (Å²) in [5.41, 5.74) is 7.23. The zero-order valence-corrected chi connectivity index (χ0v) is 13.8. The van der Waals surface area contributed by atoms with Crippen LogP contribution in [0.1, 0.15) is 17.9 Å². The predicted octanol–water partition coefficient (Wildman–Crippen LogP) is 1.20. The van der Waals surface area contributed by atoms with E-state index in [0.717, 1.165) is 5.56 Å². The van der Waals surface area contributed by atoms with Crippen LogP contribution in [0, 0.1) is 0 Å². The minimum absolute atomic E-state index is 0. The Labute approximate surface area is 132 Å². The van der Waals surface area contributed by atoms with Gasteiger partial charge in [-0.1, -0.05) is 30.3 Å². The van der Waals surface area contributed by atoms with Crippen LogP contribution < -0.4 is 5.73 Å². The number of sulfonamides is 1. The van der Waals surface area contributed by atoms with E-state index in [0.29, 0.717) is 26.1 Å². The molecule has 0 unspecified atom stereocenters. The lowest BCUT2D eigenvalue weighted by molar-refractivity contribution is 0.199. The molecule has 0 radical (unpaired) electrons. The molecule has 1 aliphatic heterocycles. The van der Waals surface area contributed by atoms with Gasteiger partial charge in [0.05, 0.1) is 5.75 Å². The van der Waals surface area contributed by atoms with Gasteiger partial charge in [-0.25, -0.2) is 8.42 Å². The first kappa shape index (κ1) is 18.4. The Bertz CT molecular complexity index is 524. The molecule has 21 heavy (non-hydrogen) atoms. The normalized spacial score (nSPS) is 23.0. The molecule has 1 aromatic carbocycles. The van der Waals surface area contributed by atoms with Crippen LogP contribution in [-0.4, -0.2) is 51.3 Å². The Morgan fingerprint density at radius 2 is 1.95 bits per heavy atom. The Hall–Kier alpha value is -0.660. The van der Waals surface area contributed by atoms with Crippen LogP contribution in [-0.2, 0) is 14.8 Å². The van der Waals surface area contributed by atoms with Crippen molar-refractivity contribution in [2.24, 2.45) is 5.73 Å². The maximum Gasteiger partial charge on any atom is 0.214 e. The van der Waals surface area contributed by atoms with Crippen molar-refractivity contribution in [3.63, 3.8) is 0 Å². The molecule has 2 atom stereocenters. The Kier molecular flexibility index (Phi) is 7.09. The summed E-state index contributed by atoms with van der Waals surface area (Å²) in [7, 11) is -1.66. The summed E-state index contributed by atoms with van der Waals surface area (Å²) in [5.74, 6) is 0.197. The highest BCUT2D eigenvalue weighted by Gasteiger charge is 2.37. The average Bonchev–Trinajstić information content (AvgIpc) is 2.83. The maximum atomic E-state index is 12.2. The number of nitrogens with zero attached hydrogens (tertiary/aromatic N) is 1. The number of hydrogen-bond donors (Lipinski definition) is 1. The first-order chi connectivity index (χ1) is 9.54. The number of methoxy groups -OCH3 is 1. The van der Waals surface area contributed by atoms with E-state index in [1.54, 1.807) is 7.11 Å². The maximum absolute atomic E-state index is 12.2. The fourth-order valence-electron chi connectivity index (χ4n) is 2.59. The van der Waals surface area contributed by atoms with E-state index in [1.807, 2.05) is 30.3 Å². The SMILES string of the molecule is COCCCS(=O)(=O)N1C[C@@H](N)[C@H](c2ccccc2)C1.Cl. The lowest BCUT2D eigenvalue weighted by atomic mass is 9.95. The molecule has 2 N–H and O–H groups in total. The summed E-state index contributed by atoms with van der Waals surface area (Å²) in [6.07, 6.45) is 0.514. The number of nitrogens with two attached hydrogens (primary N) is 1. The molecule has 5 nitrogen and oxygen atoms in total. The summed E-state index contributed by atoms with van der Waals surface area (Å²) >= 11 is 0. The minimum Gasteiger partial charge on any atom is -0.385 e. The van der Waals surface area contributed by atoms with E-state index in [9.17, 15) is 8.42 Å². The third-order valence-corrected chi connectivity index (χ3v) is 5.59. The van der Waals surface area contributed by atoms with Gasteiger partial charge in [0.15, 0.2) is 0 Å². The van der Waals surface area contributed by atoms with Crippen LogP contribution in [0.2, 0.25) is 0 Å². The number of halogens is 1. The second kappa shape index (κ2) is 8.10. The van der Waals surface area contributed by atoms with Crippen molar-refractivity contribution < 1.29 is 13.2 Å². The fourth-order valence-corrected chi connectivity index (χ4v) is 4.11. The third-order valence-electron chi connectivity index (χ3n) is 3.70. The van der Waals surface area contributed by atoms with Crippen LogP contribution >= 0.6 is 12.4 Å². The van der Waals surface area contributed by atoms with Gasteiger partial charge in [-0.05, 0) is 12.0 Å². The number of rotatable bonds is 6. The van der Waals surface area contributed by atoms with Crippen LogP contribution in [0.15, 0.2) is 30.3 Å². The highest BCUT2D eigenvalue weighted by atomic mass is 35.5. The summed E-state index contributed by atoms with van der Waals surface area (Å²) in [4.78, 5) is 0. The van der Waals surface area contributed by atoms with E-state index in [1.165, 1.54) is 4.31 Å². The molecule has 7 heteroatoms. The predicted molar refractivity (Wildman–Crippen MR) is 86.3 cm³/mol. The second-order valence-electron chi connectivity index (χ2n) is 5.16. The molecule has 1 saturated heterocycles. The molecular weight excluding hydrogens is 312 g/mol. The molecule has 120 valence electrons. The van der Waals surface area contributed by atoms with Gasteiger partial charge in [0.2, 0.25) is 10.0 Å². The summed E-state index contributed by atoms with van der Waals surface area (Å²) in [5, 5.41) is 0. The number of ether oxygens (including phenoxy) is 1. The summed E-state index contributed by atoms with van der Waals surface area (Å²) in [6.45, 7) is 1.33. The smallest absolute Gasteiger partial charge is 0.214 e. The van der Waals surface area contributed by atoms with Gasteiger partial charge < -0.3 is 10.5 Å². The molecule has 0 amide bonds. The lowest BCUT2D eigenvalue weighted by Gasteiger charge is -2.16. The van der Waals surface area contributed by atoms with Crippen LogP contribution in [0.5, 0.6) is 0 Å². The van der Waals surface area contributed by atoms with Gasteiger partial charge >= 0.3 is 0 Å². The van der Waals surface area contributed by atoms with E-state index in [2.05, 4.69) is 0 Å². The molecule has 0 bridgehead atoms. The molecule has 0 aliphatic carbocycles. The molecule has 1 heterocycles. The summed E-state index contributed by atoms with van der Waals surface area (Å²) in [6, 6.07) is 9.73. The topological polar surface area (TPSA) is 72.6 Å². The highest BCUT2D eigenvalue weighted by Crippen LogP contribution is 2.28. The van der Waals surface area contributed by atoms with Gasteiger partial charge in [-0.15, -0.1) is 12.4 Å². The van der Waals surface area contributed by atoms with Gasteiger partial charge in [-0.2, -0.15) is 4.31 Å². The van der Waals surface area contributed by atoms with Crippen LogP contribution in [0.3, 0.4) is 0 Å². The molecule has 1 aliphatic rings. The van der Waals surface area contributed by atoms with E-state index < -0.39 is 10.0 Å². The highest BCUT2D eigenvalue weighted by molar-refractivity contribution is 7.89. The summed E-state index contributed by atoms with van der Waals surface area (Å²) < 4.78 is 30.9. The van der Waals surface area contributed by atoms with Crippen molar-refractivity contribution in [2.75, 3.05) is 32.6 Å². The Morgan fingerprint density at radius 3 is 2.57 bits per heavy atom. The van der Waals surface area contributed by atoms with Crippen LogP contribution in [0.25, 0.3) is 0 Å². The Balaban J connectivity index is 0.00000220.